The number of nitrogens with one attached hydrogen (secondary N) is 2. The van der Waals surface area contributed by atoms with E-state index < -0.39 is 0 Å². The summed E-state index contributed by atoms with van der Waals surface area (Å²) in [6.45, 7) is 10.5. The molecular formula is C13H24N4OS. The summed E-state index contributed by atoms with van der Waals surface area (Å²) < 4.78 is 0. The first-order valence-electron chi connectivity index (χ1n) is 6.31. The van der Waals surface area contributed by atoms with Gasteiger partial charge in [-0.25, -0.2) is 4.98 Å². The smallest absolute Gasteiger partial charge is 0.265 e. The van der Waals surface area contributed by atoms with Crippen molar-refractivity contribution < 1.29 is 4.79 Å². The summed E-state index contributed by atoms with van der Waals surface area (Å²) in [6, 6.07) is 0. The molecule has 0 saturated heterocycles. The number of carbonyl (C=O) groups excluding carboxylic acids is 1. The summed E-state index contributed by atoms with van der Waals surface area (Å²) in [4.78, 5) is 16.8. The zero-order valence-corrected chi connectivity index (χ0v) is 13.4. The third-order valence-corrected chi connectivity index (χ3v) is 3.59. The van der Waals surface area contributed by atoms with Crippen molar-refractivity contribution in [1.29, 1.82) is 0 Å². The molecule has 0 aliphatic carbocycles. The molecule has 1 aromatic heterocycles. The normalized spacial score (nSPS) is 12.3. The van der Waals surface area contributed by atoms with Crippen LogP contribution in [0.25, 0.3) is 0 Å². The lowest BCUT2D eigenvalue weighted by atomic mass is 9.82. The Bertz CT molecular complexity index is 460. The number of hydrogen-bond acceptors (Lipinski definition) is 5. The van der Waals surface area contributed by atoms with E-state index in [0.29, 0.717) is 10.0 Å². The summed E-state index contributed by atoms with van der Waals surface area (Å²) in [6.07, 6.45) is 0.878. The predicted molar refractivity (Wildman–Crippen MR) is 81.7 cm³/mol. The zero-order valence-electron chi connectivity index (χ0n) is 12.5. The van der Waals surface area contributed by atoms with Crippen molar-refractivity contribution in [3.8, 4) is 0 Å². The highest BCUT2D eigenvalue weighted by Crippen LogP contribution is 2.29. The van der Waals surface area contributed by atoms with Crippen molar-refractivity contribution >= 4 is 28.2 Å². The molecule has 0 unspecified atom stereocenters. The minimum absolute atomic E-state index is 0.145. The molecule has 108 valence electrons. The minimum atomic E-state index is -0.286. The highest BCUT2D eigenvalue weighted by molar-refractivity contribution is 7.18. The molecule has 5 nitrogen and oxygen atoms in total. The number of nitrogens with two attached hydrogens (primary N) is 1. The molecule has 0 spiro atoms. The van der Waals surface area contributed by atoms with E-state index >= 15 is 0 Å². The first-order chi connectivity index (χ1) is 8.54. The summed E-state index contributed by atoms with van der Waals surface area (Å²) >= 11 is 1.27. The van der Waals surface area contributed by atoms with Gasteiger partial charge in [-0.05, 0) is 25.7 Å². The highest BCUT2D eigenvalue weighted by Gasteiger charge is 2.28. The number of aromatic nitrogens is 1. The highest BCUT2D eigenvalue weighted by atomic mass is 32.1. The molecule has 6 heteroatoms. The lowest BCUT2D eigenvalue weighted by Crippen LogP contribution is -2.45. The van der Waals surface area contributed by atoms with Crippen LogP contribution in [0.15, 0.2) is 0 Å². The lowest BCUT2D eigenvalue weighted by molar-refractivity contribution is 0.0896. The number of nitrogens with zero attached hydrogens (tertiary/aromatic N) is 1. The van der Waals surface area contributed by atoms with E-state index in [0.717, 1.165) is 6.42 Å². The zero-order chi connectivity index (χ0) is 14.8. The molecule has 1 rings (SSSR count). The van der Waals surface area contributed by atoms with Crippen LogP contribution in [0.2, 0.25) is 0 Å². The SMILES string of the molecule is CNc1nc(N)c(C(=O)NC(C)(C)CC(C)(C)C)s1. The van der Waals surface area contributed by atoms with E-state index in [1.807, 2.05) is 13.8 Å². The molecule has 0 atom stereocenters. The maximum absolute atomic E-state index is 12.2. The van der Waals surface area contributed by atoms with Crippen molar-refractivity contribution in [3.63, 3.8) is 0 Å². The van der Waals surface area contributed by atoms with Crippen LogP contribution in [-0.4, -0.2) is 23.5 Å². The van der Waals surface area contributed by atoms with Crippen molar-refractivity contribution in [1.82, 2.24) is 10.3 Å². The van der Waals surface area contributed by atoms with Gasteiger partial charge in [-0.15, -0.1) is 0 Å². The summed E-state index contributed by atoms with van der Waals surface area (Å²) in [5, 5.41) is 6.57. The average Bonchev–Trinajstić information content (AvgIpc) is 2.54. The van der Waals surface area contributed by atoms with Crippen LogP contribution in [-0.2, 0) is 0 Å². The Morgan fingerprint density at radius 1 is 1.32 bits per heavy atom. The molecule has 0 aliphatic rings. The number of nitrogen functional groups attached to an aromatic ring is 1. The topological polar surface area (TPSA) is 80.0 Å². The van der Waals surface area contributed by atoms with Crippen molar-refractivity contribution in [2.75, 3.05) is 18.1 Å². The summed E-state index contributed by atoms with van der Waals surface area (Å²) in [5.74, 6) is 0.115. The van der Waals surface area contributed by atoms with Gasteiger partial charge in [0.1, 0.15) is 10.7 Å². The van der Waals surface area contributed by atoms with E-state index in [2.05, 4.69) is 36.4 Å². The van der Waals surface area contributed by atoms with Gasteiger partial charge in [0.25, 0.3) is 5.91 Å². The Hall–Kier alpha value is -1.30. The van der Waals surface area contributed by atoms with Crippen LogP contribution in [0.3, 0.4) is 0 Å². The van der Waals surface area contributed by atoms with Crippen LogP contribution in [0.5, 0.6) is 0 Å². The second-order valence-corrected chi connectivity index (χ2v) is 7.56. The maximum Gasteiger partial charge on any atom is 0.265 e. The van der Waals surface area contributed by atoms with E-state index in [9.17, 15) is 4.79 Å². The Morgan fingerprint density at radius 2 is 1.89 bits per heavy atom. The van der Waals surface area contributed by atoms with Crippen LogP contribution >= 0.6 is 11.3 Å². The van der Waals surface area contributed by atoms with E-state index in [1.54, 1.807) is 7.05 Å². The number of rotatable bonds is 4. The molecule has 19 heavy (non-hydrogen) atoms. The molecular weight excluding hydrogens is 260 g/mol. The molecule has 1 aromatic rings. The van der Waals surface area contributed by atoms with Gasteiger partial charge in [0.15, 0.2) is 5.13 Å². The van der Waals surface area contributed by atoms with Gasteiger partial charge >= 0.3 is 0 Å². The van der Waals surface area contributed by atoms with E-state index in [4.69, 9.17) is 5.73 Å². The molecule has 0 aromatic carbocycles. The van der Waals surface area contributed by atoms with Gasteiger partial charge in [0.05, 0.1) is 0 Å². The standard InChI is InChI=1S/C13H24N4OS/c1-12(2,3)7-13(4,5)17-10(18)8-9(14)16-11(15-6)19-8/h7,14H2,1-6H3,(H,15,16)(H,17,18). The first-order valence-corrected chi connectivity index (χ1v) is 7.12. The molecule has 0 fully saturated rings. The van der Waals surface area contributed by atoms with Gasteiger partial charge in [-0.2, -0.15) is 0 Å². The third kappa shape index (κ3) is 4.70. The second kappa shape index (κ2) is 5.36. The number of amides is 1. The first kappa shape index (κ1) is 15.8. The number of thiazole rings is 1. The number of anilines is 2. The Labute approximate surface area is 119 Å². The van der Waals surface area contributed by atoms with Crippen LogP contribution in [0.4, 0.5) is 10.9 Å². The molecule has 0 saturated carbocycles. The van der Waals surface area contributed by atoms with Gasteiger partial charge in [0, 0.05) is 12.6 Å². The predicted octanol–water partition coefficient (Wildman–Crippen LogP) is 2.71. The monoisotopic (exact) mass is 284 g/mol. The fourth-order valence-electron chi connectivity index (χ4n) is 2.34. The second-order valence-electron chi connectivity index (χ2n) is 6.56. The fourth-order valence-corrected chi connectivity index (χ4v) is 3.07. The Morgan fingerprint density at radius 3 is 2.32 bits per heavy atom. The average molecular weight is 284 g/mol. The lowest BCUT2D eigenvalue weighted by Gasteiger charge is -2.33. The van der Waals surface area contributed by atoms with Gasteiger partial charge in [-0.1, -0.05) is 32.1 Å². The largest absolute Gasteiger partial charge is 0.382 e. The maximum atomic E-state index is 12.2. The Balaban J connectivity index is 2.81. The van der Waals surface area contributed by atoms with Crippen molar-refractivity contribution in [3.05, 3.63) is 4.88 Å². The molecule has 4 N–H and O–H groups in total. The molecule has 1 heterocycles. The molecule has 0 aliphatic heterocycles. The minimum Gasteiger partial charge on any atom is -0.382 e. The van der Waals surface area contributed by atoms with Crippen molar-refractivity contribution in [2.45, 2.75) is 46.6 Å². The van der Waals surface area contributed by atoms with Gasteiger partial charge in [0.2, 0.25) is 0 Å². The quantitative estimate of drug-likeness (QED) is 0.794. The molecule has 1 amide bonds. The number of hydrogen-bond donors (Lipinski definition) is 3. The van der Waals surface area contributed by atoms with E-state index in [1.165, 1.54) is 11.3 Å². The van der Waals surface area contributed by atoms with Crippen LogP contribution in [0, 0.1) is 5.41 Å². The molecule has 0 bridgehead atoms. The van der Waals surface area contributed by atoms with Crippen LogP contribution in [0.1, 0.15) is 50.7 Å². The van der Waals surface area contributed by atoms with E-state index in [-0.39, 0.29) is 22.7 Å². The van der Waals surface area contributed by atoms with Crippen LogP contribution < -0.4 is 16.4 Å². The van der Waals surface area contributed by atoms with Crippen molar-refractivity contribution in [2.24, 2.45) is 5.41 Å². The fraction of sp³-hybridized carbons (Fsp3) is 0.692. The van der Waals surface area contributed by atoms with Gasteiger partial charge in [-0.3, -0.25) is 4.79 Å². The third-order valence-electron chi connectivity index (χ3n) is 2.50. The number of carbonyl (C=O) groups is 1. The Kier molecular flexibility index (Phi) is 4.45. The summed E-state index contributed by atoms with van der Waals surface area (Å²) in [7, 11) is 1.75. The molecule has 0 radical (unpaired) electrons. The summed E-state index contributed by atoms with van der Waals surface area (Å²) in [5.41, 5.74) is 5.62. The van der Waals surface area contributed by atoms with Gasteiger partial charge < -0.3 is 16.4 Å².